The molecule has 1 N–H and O–H groups in total. The van der Waals surface area contributed by atoms with E-state index >= 15 is 0 Å². The van der Waals surface area contributed by atoms with Crippen LogP contribution in [-0.4, -0.2) is 7.05 Å². The summed E-state index contributed by atoms with van der Waals surface area (Å²) in [6, 6.07) is 11.1. The summed E-state index contributed by atoms with van der Waals surface area (Å²) >= 11 is 0. The van der Waals surface area contributed by atoms with Crippen LogP contribution in [0.4, 0.5) is 0 Å². The average Bonchev–Trinajstić information content (AvgIpc) is 2.88. The van der Waals surface area contributed by atoms with E-state index < -0.39 is 0 Å². The van der Waals surface area contributed by atoms with Crippen LogP contribution in [-0.2, 0) is 5.54 Å². The minimum absolute atomic E-state index is 0.192. The van der Waals surface area contributed by atoms with Crippen molar-refractivity contribution in [1.29, 1.82) is 0 Å². The van der Waals surface area contributed by atoms with Crippen molar-refractivity contribution >= 4 is 0 Å². The van der Waals surface area contributed by atoms with Crippen molar-refractivity contribution in [2.75, 3.05) is 7.05 Å². The lowest BCUT2D eigenvalue weighted by Crippen LogP contribution is -2.55. The van der Waals surface area contributed by atoms with Gasteiger partial charge in [0.1, 0.15) is 0 Å². The molecule has 1 aromatic carbocycles. The van der Waals surface area contributed by atoms with E-state index in [1.54, 1.807) is 0 Å². The smallest absolute Gasteiger partial charge is 0.0515 e. The van der Waals surface area contributed by atoms with Gasteiger partial charge in [-0.3, -0.25) is 0 Å². The summed E-state index contributed by atoms with van der Waals surface area (Å²) < 4.78 is 0. The van der Waals surface area contributed by atoms with Crippen molar-refractivity contribution in [3.05, 3.63) is 35.9 Å². The summed E-state index contributed by atoms with van der Waals surface area (Å²) in [7, 11) is 2.15. The van der Waals surface area contributed by atoms with Gasteiger partial charge in [-0.1, -0.05) is 44.2 Å². The maximum Gasteiger partial charge on any atom is 0.0515 e. The van der Waals surface area contributed by atoms with E-state index in [0.29, 0.717) is 5.41 Å². The van der Waals surface area contributed by atoms with Crippen LogP contribution in [0.25, 0.3) is 0 Å². The maximum absolute atomic E-state index is 3.72. The van der Waals surface area contributed by atoms with Gasteiger partial charge in [-0.25, -0.2) is 0 Å². The van der Waals surface area contributed by atoms with Crippen LogP contribution in [0.3, 0.4) is 0 Å². The lowest BCUT2D eigenvalue weighted by Gasteiger charge is -2.50. The normalized spacial score (nSPS) is 38.5. The van der Waals surface area contributed by atoms with Crippen molar-refractivity contribution in [2.45, 2.75) is 38.6 Å². The highest BCUT2D eigenvalue weighted by Gasteiger charge is 2.62. The Hall–Kier alpha value is -0.820. The molecule has 2 aliphatic rings. The van der Waals surface area contributed by atoms with E-state index in [9.17, 15) is 0 Å². The lowest BCUT2D eigenvalue weighted by atomic mass is 9.60. The fraction of sp³-hybridized carbons (Fsp3) is 0.625. The van der Waals surface area contributed by atoms with E-state index in [1.807, 2.05) is 0 Å². The van der Waals surface area contributed by atoms with Crippen molar-refractivity contribution < 1.29 is 0 Å². The van der Waals surface area contributed by atoms with Gasteiger partial charge in [-0.15, -0.1) is 0 Å². The highest BCUT2D eigenvalue weighted by atomic mass is 15.0. The number of hydrogen-bond acceptors (Lipinski definition) is 1. The van der Waals surface area contributed by atoms with E-state index in [2.05, 4.69) is 56.5 Å². The second-order valence-corrected chi connectivity index (χ2v) is 6.35. The molecule has 0 saturated heterocycles. The van der Waals surface area contributed by atoms with Gasteiger partial charge in [0.05, 0.1) is 5.54 Å². The number of benzene rings is 1. The lowest BCUT2D eigenvalue weighted by molar-refractivity contribution is 0.0545. The van der Waals surface area contributed by atoms with E-state index in [1.165, 1.54) is 24.8 Å². The highest BCUT2D eigenvalue weighted by molar-refractivity contribution is 5.33. The Morgan fingerprint density at radius 1 is 1.06 bits per heavy atom. The van der Waals surface area contributed by atoms with Crippen LogP contribution in [0.2, 0.25) is 0 Å². The van der Waals surface area contributed by atoms with E-state index in [0.717, 1.165) is 11.8 Å². The Bertz CT molecular complexity index is 409. The van der Waals surface area contributed by atoms with Gasteiger partial charge in [-0.05, 0) is 49.1 Å². The quantitative estimate of drug-likeness (QED) is 0.817. The molecule has 2 bridgehead atoms. The van der Waals surface area contributed by atoms with Crippen molar-refractivity contribution in [2.24, 2.45) is 17.3 Å². The molecule has 0 heterocycles. The molecule has 1 nitrogen and oxygen atoms in total. The zero-order valence-corrected chi connectivity index (χ0v) is 11.2. The first-order valence-corrected chi connectivity index (χ1v) is 6.87. The molecule has 2 aliphatic carbocycles. The molecule has 2 fully saturated rings. The first kappa shape index (κ1) is 11.3. The molecule has 0 spiro atoms. The van der Waals surface area contributed by atoms with Crippen LogP contribution < -0.4 is 5.32 Å². The van der Waals surface area contributed by atoms with Gasteiger partial charge < -0.3 is 5.32 Å². The summed E-state index contributed by atoms with van der Waals surface area (Å²) in [5.41, 5.74) is 2.04. The molecular formula is C16H23N. The largest absolute Gasteiger partial charge is 0.310 e. The molecule has 1 aromatic rings. The standard InChI is InChI=1S/C16H23N/c1-15(2)13-9-10-14(11-13)16(15,17-3)12-7-5-4-6-8-12/h4-8,13-14,17H,9-11H2,1-3H3/t13-,14-,16-/m0/s1. The fourth-order valence-corrected chi connectivity index (χ4v) is 4.86. The first-order chi connectivity index (χ1) is 8.13. The predicted molar refractivity (Wildman–Crippen MR) is 71.8 cm³/mol. The molecule has 2 saturated carbocycles. The Labute approximate surface area is 105 Å². The Balaban J connectivity index is 2.14. The first-order valence-electron chi connectivity index (χ1n) is 6.87. The van der Waals surface area contributed by atoms with Gasteiger partial charge in [-0.2, -0.15) is 0 Å². The third kappa shape index (κ3) is 1.24. The summed E-state index contributed by atoms with van der Waals surface area (Å²) in [5.74, 6) is 1.70. The molecule has 0 aliphatic heterocycles. The molecule has 0 aromatic heterocycles. The summed E-state index contributed by atoms with van der Waals surface area (Å²) in [6.45, 7) is 4.92. The topological polar surface area (TPSA) is 12.0 Å². The van der Waals surface area contributed by atoms with Crippen LogP contribution in [0.5, 0.6) is 0 Å². The Kier molecular flexibility index (Phi) is 2.38. The van der Waals surface area contributed by atoms with E-state index in [4.69, 9.17) is 0 Å². The fourth-order valence-electron chi connectivity index (χ4n) is 4.86. The minimum atomic E-state index is 0.192. The van der Waals surface area contributed by atoms with Gasteiger partial charge in [0.15, 0.2) is 0 Å². The van der Waals surface area contributed by atoms with Gasteiger partial charge in [0, 0.05) is 0 Å². The molecule has 3 atom stereocenters. The molecule has 0 unspecified atom stereocenters. The molecule has 3 rings (SSSR count). The third-order valence-corrected chi connectivity index (χ3v) is 5.71. The van der Waals surface area contributed by atoms with Crippen LogP contribution in [0, 0.1) is 17.3 Å². The van der Waals surface area contributed by atoms with Gasteiger partial charge >= 0.3 is 0 Å². The molecule has 92 valence electrons. The van der Waals surface area contributed by atoms with Gasteiger partial charge in [0.2, 0.25) is 0 Å². The SMILES string of the molecule is CN[C@@]1(c2ccccc2)[C@H]2CC[C@@H](C2)C1(C)C. The summed E-state index contributed by atoms with van der Waals surface area (Å²) in [6.07, 6.45) is 4.22. The van der Waals surface area contributed by atoms with Crippen molar-refractivity contribution in [3.63, 3.8) is 0 Å². The van der Waals surface area contributed by atoms with Crippen LogP contribution in [0.1, 0.15) is 38.7 Å². The molecular weight excluding hydrogens is 206 g/mol. The second kappa shape index (κ2) is 3.58. The minimum Gasteiger partial charge on any atom is -0.310 e. The highest BCUT2D eigenvalue weighted by Crippen LogP contribution is 2.65. The summed E-state index contributed by atoms with van der Waals surface area (Å²) in [4.78, 5) is 0. The summed E-state index contributed by atoms with van der Waals surface area (Å²) in [5, 5.41) is 3.72. The Morgan fingerprint density at radius 2 is 1.71 bits per heavy atom. The second-order valence-electron chi connectivity index (χ2n) is 6.35. The van der Waals surface area contributed by atoms with Gasteiger partial charge in [0.25, 0.3) is 0 Å². The number of nitrogens with one attached hydrogen (secondary N) is 1. The van der Waals surface area contributed by atoms with Crippen LogP contribution >= 0.6 is 0 Å². The third-order valence-electron chi connectivity index (χ3n) is 5.71. The average molecular weight is 229 g/mol. The van der Waals surface area contributed by atoms with Crippen molar-refractivity contribution in [3.8, 4) is 0 Å². The Morgan fingerprint density at radius 3 is 2.24 bits per heavy atom. The molecule has 0 radical (unpaired) electrons. The monoisotopic (exact) mass is 229 g/mol. The number of fused-ring (bicyclic) bond motifs is 2. The number of hydrogen-bond donors (Lipinski definition) is 1. The molecule has 17 heavy (non-hydrogen) atoms. The maximum atomic E-state index is 3.72. The van der Waals surface area contributed by atoms with E-state index in [-0.39, 0.29) is 5.54 Å². The zero-order valence-electron chi connectivity index (χ0n) is 11.2. The zero-order chi connectivity index (χ0) is 12.1. The molecule has 0 amide bonds. The predicted octanol–water partition coefficient (Wildman–Crippen LogP) is 3.56. The van der Waals surface area contributed by atoms with Crippen molar-refractivity contribution in [1.82, 2.24) is 5.32 Å². The molecule has 1 heteroatoms. The van der Waals surface area contributed by atoms with Crippen LogP contribution in [0.15, 0.2) is 30.3 Å². The number of rotatable bonds is 2.